The van der Waals surface area contributed by atoms with Crippen molar-refractivity contribution in [3.05, 3.63) is 17.3 Å². The highest BCUT2D eigenvalue weighted by molar-refractivity contribution is 6.29. The topological polar surface area (TPSA) is 85.2 Å². The SMILES string of the molecule is CC(C)N(CC(N)=O)c1cc(N)cc(Cl)n1. The first-order valence-electron chi connectivity index (χ1n) is 4.88. The summed E-state index contributed by atoms with van der Waals surface area (Å²) in [4.78, 5) is 16.8. The quantitative estimate of drug-likeness (QED) is 0.772. The number of rotatable bonds is 4. The van der Waals surface area contributed by atoms with E-state index in [0.717, 1.165) is 0 Å². The van der Waals surface area contributed by atoms with E-state index in [4.69, 9.17) is 23.1 Å². The van der Waals surface area contributed by atoms with Gasteiger partial charge in [-0.05, 0) is 19.9 Å². The summed E-state index contributed by atoms with van der Waals surface area (Å²) in [5.74, 6) is 0.132. The van der Waals surface area contributed by atoms with Gasteiger partial charge in [-0.25, -0.2) is 4.98 Å². The molecule has 6 heteroatoms. The average Bonchev–Trinajstić information content (AvgIpc) is 2.11. The number of anilines is 2. The van der Waals surface area contributed by atoms with Gasteiger partial charge in [0.25, 0.3) is 0 Å². The summed E-state index contributed by atoms with van der Waals surface area (Å²) in [5, 5.41) is 0.296. The van der Waals surface area contributed by atoms with Gasteiger partial charge in [0.2, 0.25) is 5.91 Å². The molecule has 88 valence electrons. The van der Waals surface area contributed by atoms with Gasteiger partial charge < -0.3 is 16.4 Å². The highest BCUT2D eigenvalue weighted by Gasteiger charge is 2.15. The van der Waals surface area contributed by atoms with Crippen molar-refractivity contribution in [3.63, 3.8) is 0 Å². The molecule has 16 heavy (non-hydrogen) atoms. The fourth-order valence-electron chi connectivity index (χ4n) is 1.35. The number of carbonyl (C=O) groups excluding carboxylic acids is 1. The zero-order valence-corrected chi connectivity index (χ0v) is 10.0. The molecule has 0 aliphatic rings. The Labute approximate surface area is 99.4 Å². The van der Waals surface area contributed by atoms with Gasteiger partial charge in [-0.2, -0.15) is 0 Å². The molecule has 1 aromatic rings. The number of primary amides is 1. The van der Waals surface area contributed by atoms with Crippen LogP contribution in [0.5, 0.6) is 0 Å². The number of aromatic nitrogens is 1. The third-order valence-electron chi connectivity index (χ3n) is 2.05. The molecular weight excluding hydrogens is 228 g/mol. The Hall–Kier alpha value is -1.49. The summed E-state index contributed by atoms with van der Waals surface area (Å²) in [6.07, 6.45) is 0. The molecule has 0 radical (unpaired) electrons. The van der Waals surface area contributed by atoms with E-state index in [1.807, 2.05) is 13.8 Å². The molecule has 0 atom stereocenters. The zero-order chi connectivity index (χ0) is 12.3. The molecule has 0 spiro atoms. The van der Waals surface area contributed by atoms with Gasteiger partial charge >= 0.3 is 0 Å². The molecule has 1 aromatic heterocycles. The Morgan fingerprint density at radius 1 is 1.56 bits per heavy atom. The van der Waals surface area contributed by atoms with E-state index >= 15 is 0 Å². The third kappa shape index (κ3) is 3.27. The molecule has 1 amide bonds. The Morgan fingerprint density at radius 2 is 2.19 bits per heavy atom. The summed E-state index contributed by atoms with van der Waals surface area (Å²) in [5.41, 5.74) is 11.3. The monoisotopic (exact) mass is 242 g/mol. The molecular formula is C10H15ClN4O. The summed E-state index contributed by atoms with van der Waals surface area (Å²) in [7, 11) is 0. The number of nitrogens with two attached hydrogens (primary N) is 2. The van der Waals surface area contributed by atoms with E-state index in [0.29, 0.717) is 16.7 Å². The van der Waals surface area contributed by atoms with Crippen molar-refractivity contribution in [2.24, 2.45) is 5.73 Å². The van der Waals surface area contributed by atoms with Crippen LogP contribution < -0.4 is 16.4 Å². The molecule has 0 aromatic carbocycles. The standard InChI is InChI=1S/C10H15ClN4O/c1-6(2)15(5-9(13)16)10-4-7(12)3-8(11)14-10/h3-4,6H,5H2,1-2H3,(H2,12,14)(H2,13,16). The fourth-order valence-corrected chi connectivity index (χ4v) is 1.56. The van der Waals surface area contributed by atoms with Crippen LogP contribution in [0, 0.1) is 0 Å². The lowest BCUT2D eigenvalue weighted by molar-refractivity contribution is -0.116. The Bertz CT molecular complexity index is 374. The van der Waals surface area contributed by atoms with Crippen molar-refractivity contribution in [2.75, 3.05) is 17.2 Å². The fraction of sp³-hybridized carbons (Fsp3) is 0.400. The molecule has 0 saturated carbocycles. The second kappa shape index (κ2) is 5.03. The molecule has 0 fully saturated rings. The summed E-state index contributed by atoms with van der Waals surface area (Å²) < 4.78 is 0. The third-order valence-corrected chi connectivity index (χ3v) is 2.24. The Morgan fingerprint density at radius 3 is 2.62 bits per heavy atom. The van der Waals surface area contributed by atoms with Crippen molar-refractivity contribution in [3.8, 4) is 0 Å². The van der Waals surface area contributed by atoms with Gasteiger partial charge in [0, 0.05) is 17.8 Å². The Balaban J connectivity index is 3.05. The number of hydrogen-bond donors (Lipinski definition) is 2. The summed E-state index contributed by atoms with van der Waals surface area (Å²) in [6, 6.07) is 3.29. The highest BCUT2D eigenvalue weighted by Crippen LogP contribution is 2.20. The van der Waals surface area contributed by atoms with E-state index in [1.165, 1.54) is 0 Å². The minimum absolute atomic E-state index is 0.0814. The van der Waals surface area contributed by atoms with Crippen LogP contribution in [-0.4, -0.2) is 23.5 Å². The number of hydrogen-bond acceptors (Lipinski definition) is 4. The number of carbonyl (C=O) groups is 1. The average molecular weight is 243 g/mol. The lowest BCUT2D eigenvalue weighted by Crippen LogP contribution is -2.39. The minimum atomic E-state index is -0.422. The normalized spacial score (nSPS) is 10.5. The highest BCUT2D eigenvalue weighted by atomic mass is 35.5. The predicted molar refractivity (Wildman–Crippen MR) is 65.3 cm³/mol. The van der Waals surface area contributed by atoms with Crippen LogP contribution in [-0.2, 0) is 4.79 Å². The molecule has 0 aliphatic heterocycles. The molecule has 4 N–H and O–H groups in total. The number of nitrogen functional groups attached to an aromatic ring is 1. The summed E-state index contributed by atoms with van der Waals surface area (Å²) in [6.45, 7) is 3.95. The molecule has 0 saturated heterocycles. The second-order valence-electron chi connectivity index (χ2n) is 3.77. The van der Waals surface area contributed by atoms with Gasteiger partial charge in [-0.15, -0.1) is 0 Å². The van der Waals surface area contributed by atoms with Crippen LogP contribution in [0.25, 0.3) is 0 Å². The maximum atomic E-state index is 10.9. The molecule has 1 rings (SSSR count). The Kier molecular flexibility index (Phi) is 3.95. The van der Waals surface area contributed by atoms with Crippen molar-refractivity contribution in [1.29, 1.82) is 0 Å². The first-order chi connectivity index (χ1) is 7.40. The minimum Gasteiger partial charge on any atom is -0.399 e. The summed E-state index contributed by atoms with van der Waals surface area (Å²) >= 11 is 5.80. The number of amides is 1. The molecule has 0 aliphatic carbocycles. The van der Waals surface area contributed by atoms with E-state index in [2.05, 4.69) is 4.98 Å². The lowest BCUT2D eigenvalue weighted by atomic mass is 10.3. The number of nitrogens with zero attached hydrogens (tertiary/aromatic N) is 2. The first kappa shape index (κ1) is 12.6. The van der Waals surface area contributed by atoms with Crippen molar-refractivity contribution < 1.29 is 4.79 Å². The van der Waals surface area contributed by atoms with Crippen LogP contribution in [0.1, 0.15) is 13.8 Å². The van der Waals surface area contributed by atoms with E-state index in [9.17, 15) is 4.79 Å². The van der Waals surface area contributed by atoms with Crippen molar-refractivity contribution in [1.82, 2.24) is 4.98 Å². The van der Waals surface area contributed by atoms with Gasteiger partial charge in [-0.1, -0.05) is 11.6 Å². The lowest BCUT2D eigenvalue weighted by Gasteiger charge is -2.26. The van der Waals surface area contributed by atoms with Crippen LogP contribution in [0.2, 0.25) is 5.15 Å². The molecule has 1 heterocycles. The van der Waals surface area contributed by atoms with E-state index in [1.54, 1.807) is 17.0 Å². The van der Waals surface area contributed by atoms with Gasteiger partial charge in [0.1, 0.15) is 11.0 Å². The van der Waals surface area contributed by atoms with Gasteiger partial charge in [0.05, 0.1) is 6.54 Å². The van der Waals surface area contributed by atoms with Crippen molar-refractivity contribution >= 4 is 29.0 Å². The van der Waals surface area contributed by atoms with Crippen LogP contribution in [0.15, 0.2) is 12.1 Å². The molecule has 0 unspecified atom stereocenters. The van der Waals surface area contributed by atoms with E-state index in [-0.39, 0.29) is 12.6 Å². The number of pyridine rings is 1. The predicted octanol–water partition coefficient (Wildman–Crippen LogP) is 1.02. The largest absolute Gasteiger partial charge is 0.399 e. The van der Waals surface area contributed by atoms with Crippen LogP contribution >= 0.6 is 11.6 Å². The zero-order valence-electron chi connectivity index (χ0n) is 9.27. The first-order valence-corrected chi connectivity index (χ1v) is 5.26. The number of halogens is 1. The second-order valence-corrected chi connectivity index (χ2v) is 4.16. The smallest absolute Gasteiger partial charge is 0.237 e. The van der Waals surface area contributed by atoms with E-state index < -0.39 is 5.91 Å². The van der Waals surface area contributed by atoms with Crippen LogP contribution in [0.3, 0.4) is 0 Å². The van der Waals surface area contributed by atoms with Crippen LogP contribution in [0.4, 0.5) is 11.5 Å². The maximum Gasteiger partial charge on any atom is 0.237 e. The maximum absolute atomic E-state index is 10.9. The van der Waals surface area contributed by atoms with Gasteiger partial charge in [0.15, 0.2) is 0 Å². The molecule has 5 nitrogen and oxygen atoms in total. The van der Waals surface area contributed by atoms with Gasteiger partial charge in [-0.3, -0.25) is 4.79 Å². The molecule has 0 bridgehead atoms. The van der Waals surface area contributed by atoms with Crippen molar-refractivity contribution in [2.45, 2.75) is 19.9 Å².